The monoisotopic (exact) mass is 368 g/mol. The van der Waals surface area contributed by atoms with E-state index in [1.807, 2.05) is 37.3 Å². The first-order valence-corrected chi connectivity index (χ1v) is 8.36. The molecule has 0 aliphatic rings. The highest BCUT2D eigenvalue weighted by Gasteiger charge is 2.16. The number of carbonyl (C=O) groups is 1. The number of benzene rings is 2. The number of nitrogens with zero attached hydrogens (tertiary/aromatic N) is 2. The summed E-state index contributed by atoms with van der Waals surface area (Å²) in [6.07, 6.45) is 0. The van der Waals surface area contributed by atoms with E-state index in [0.29, 0.717) is 5.69 Å². The molecule has 0 aliphatic heterocycles. The number of hydrogen-bond acceptors (Lipinski definition) is 4. The molecule has 3 aromatic rings. The molecular weight excluding hydrogens is 350 g/mol. The van der Waals surface area contributed by atoms with Crippen LogP contribution >= 0.6 is 0 Å². The Morgan fingerprint density at radius 2 is 1.67 bits per heavy atom. The molecule has 1 heterocycles. The SMILES string of the molecule is Cc1cc(C(=O)NC(C)c2ccccc2)nc(Nc2c(F)cccc2F)n1. The van der Waals surface area contributed by atoms with Crippen LogP contribution in [0.2, 0.25) is 0 Å². The molecule has 0 radical (unpaired) electrons. The number of nitrogens with one attached hydrogen (secondary N) is 2. The van der Waals surface area contributed by atoms with Gasteiger partial charge in [-0.05, 0) is 37.6 Å². The molecule has 2 N–H and O–H groups in total. The van der Waals surface area contributed by atoms with Crippen molar-refractivity contribution in [1.29, 1.82) is 0 Å². The molecule has 2 aromatic carbocycles. The lowest BCUT2D eigenvalue weighted by Crippen LogP contribution is -2.27. The van der Waals surface area contributed by atoms with Crippen LogP contribution in [0.25, 0.3) is 0 Å². The van der Waals surface area contributed by atoms with Crippen LogP contribution in [0.3, 0.4) is 0 Å². The van der Waals surface area contributed by atoms with Crippen molar-refractivity contribution in [2.75, 3.05) is 5.32 Å². The Morgan fingerprint density at radius 1 is 1.00 bits per heavy atom. The van der Waals surface area contributed by atoms with Gasteiger partial charge < -0.3 is 10.6 Å². The van der Waals surface area contributed by atoms with Crippen LogP contribution in [0.1, 0.15) is 34.7 Å². The second-order valence-corrected chi connectivity index (χ2v) is 6.05. The highest BCUT2D eigenvalue weighted by atomic mass is 19.1. The maximum atomic E-state index is 13.8. The highest BCUT2D eigenvalue weighted by molar-refractivity contribution is 5.93. The van der Waals surface area contributed by atoms with Crippen molar-refractivity contribution >= 4 is 17.5 Å². The fourth-order valence-corrected chi connectivity index (χ4v) is 2.57. The minimum atomic E-state index is -0.774. The Kier molecular flexibility index (Phi) is 5.40. The van der Waals surface area contributed by atoms with Crippen molar-refractivity contribution in [3.8, 4) is 0 Å². The van der Waals surface area contributed by atoms with Crippen LogP contribution in [0.5, 0.6) is 0 Å². The molecule has 1 aromatic heterocycles. The van der Waals surface area contributed by atoms with Gasteiger partial charge in [-0.1, -0.05) is 36.4 Å². The van der Waals surface area contributed by atoms with E-state index in [9.17, 15) is 13.6 Å². The summed E-state index contributed by atoms with van der Waals surface area (Å²) in [5, 5.41) is 5.36. The average molecular weight is 368 g/mol. The zero-order valence-electron chi connectivity index (χ0n) is 14.8. The third kappa shape index (κ3) is 4.44. The Balaban J connectivity index is 1.81. The molecule has 7 heteroatoms. The average Bonchev–Trinajstić information content (AvgIpc) is 2.65. The van der Waals surface area contributed by atoms with Crippen molar-refractivity contribution in [2.24, 2.45) is 0 Å². The van der Waals surface area contributed by atoms with E-state index in [2.05, 4.69) is 20.6 Å². The second-order valence-electron chi connectivity index (χ2n) is 6.05. The van der Waals surface area contributed by atoms with Crippen LogP contribution in [-0.2, 0) is 0 Å². The maximum Gasteiger partial charge on any atom is 0.270 e. The lowest BCUT2D eigenvalue weighted by Gasteiger charge is -2.15. The smallest absolute Gasteiger partial charge is 0.270 e. The standard InChI is InChI=1S/C20H18F2N4O/c1-12-11-17(19(27)24-13(2)14-7-4-3-5-8-14)25-20(23-12)26-18-15(21)9-6-10-16(18)22/h3-11,13H,1-2H3,(H,24,27)(H,23,25,26). The molecule has 3 rings (SSSR count). The zero-order chi connectivity index (χ0) is 19.4. The number of carbonyl (C=O) groups excluding carboxylic acids is 1. The molecule has 27 heavy (non-hydrogen) atoms. The minimum absolute atomic E-state index is 0.0588. The van der Waals surface area contributed by atoms with E-state index < -0.39 is 17.5 Å². The number of halogens is 2. The van der Waals surface area contributed by atoms with Gasteiger partial charge in [0.15, 0.2) is 0 Å². The topological polar surface area (TPSA) is 66.9 Å². The summed E-state index contributed by atoms with van der Waals surface area (Å²) >= 11 is 0. The van der Waals surface area contributed by atoms with E-state index in [4.69, 9.17) is 0 Å². The molecule has 1 amide bonds. The Labute approximate surface area is 155 Å². The number of amides is 1. The molecule has 0 saturated heterocycles. The molecule has 0 fully saturated rings. The van der Waals surface area contributed by atoms with E-state index >= 15 is 0 Å². The first-order chi connectivity index (χ1) is 12.9. The van der Waals surface area contributed by atoms with Gasteiger partial charge in [-0.15, -0.1) is 0 Å². The summed E-state index contributed by atoms with van der Waals surface area (Å²) in [4.78, 5) is 20.7. The lowest BCUT2D eigenvalue weighted by molar-refractivity contribution is 0.0934. The van der Waals surface area contributed by atoms with Gasteiger partial charge in [0, 0.05) is 5.69 Å². The van der Waals surface area contributed by atoms with Gasteiger partial charge in [-0.2, -0.15) is 0 Å². The van der Waals surface area contributed by atoms with Gasteiger partial charge in [-0.25, -0.2) is 18.7 Å². The van der Waals surface area contributed by atoms with Gasteiger partial charge >= 0.3 is 0 Å². The van der Waals surface area contributed by atoms with Crippen molar-refractivity contribution < 1.29 is 13.6 Å². The van der Waals surface area contributed by atoms with Crippen LogP contribution in [0.15, 0.2) is 54.6 Å². The molecule has 138 valence electrons. The number of aryl methyl sites for hydroxylation is 1. The molecule has 0 spiro atoms. The summed E-state index contributed by atoms with van der Waals surface area (Å²) in [7, 11) is 0. The van der Waals surface area contributed by atoms with Gasteiger partial charge in [0.25, 0.3) is 5.91 Å². The fourth-order valence-electron chi connectivity index (χ4n) is 2.57. The largest absolute Gasteiger partial charge is 0.344 e. The fraction of sp³-hybridized carbons (Fsp3) is 0.150. The van der Waals surface area contributed by atoms with E-state index in [-0.39, 0.29) is 23.4 Å². The van der Waals surface area contributed by atoms with Crippen molar-refractivity contribution in [3.05, 3.63) is 83.2 Å². The molecule has 0 saturated carbocycles. The van der Waals surface area contributed by atoms with Gasteiger partial charge in [0.05, 0.1) is 6.04 Å². The Morgan fingerprint density at radius 3 is 2.33 bits per heavy atom. The number of para-hydroxylation sites is 1. The molecule has 5 nitrogen and oxygen atoms in total. The Bertz CT molecular complexity index is 943. The quantitative estimate of drug-likeness (QED) is 0.705. The van der Waals surface area contributed by atoms with Crippen LogP contribution in [0, 0.1) is 18.6 Å². The molecule has 1 unspecified atom stereocenters. The third-order valence-electron chi connectivity index (χ3n) is 3.93. The van der Waals surface area contributed by atoms with E-state index in [0.717, 1.165) is 17.7 Å². The molecular formula is C20H18F2N4O. The van der Waals surface area contributed by atoms with E-state index in [1.54, 1.807) is 6.92 Å². The second kappa shape index (κ2) is 7.90. The maximum absolute atomic E-state index is 13.8. The third-order valence-corrected chi connectivity index (χ3v) is 3.93. The summed E-state index contributed by atoms with van der Waals surface area (Å²) in [6.45, 7) is 3.52. The Hall–Kier alpha value is -3.35. The highest BCUT2D eigenvalue weighted by Crippen LogP contribution is 2.21. The summed E-state index contributed by atoms with van der Waals surface area (Å²) < 4.78 is 27.6. The number of rotatable bonds is 5. The van der Waals surface area contributed by atoms with Crippen LogP contribution in [0.4, 0.5) is 20.4 Å². The van der Waals surface area contributed by atoms with Crippen LogP contribution < -0.4 is 10.6 Å². The van der Waals surface area contributed by atoms with Crippen LogP contribution in [-0.4, -0.2) is 15.9 Å². The van der Waals surface area contributed by atoms with Gasteiger partial charge in [-0.3, -0.25) is 4.79 Å². The first kappa shape index (κ1) is 18.4. The van der Waals surface area contributed by atoms with E-state index in [1.165, 1.54) is 12.1 Å². The number of hydrogen-bond donors (Lipinski definition) is 2. The minimum Gasteiger partial charge on any atom is -0.344 e. The normalized spacial score (nSPS) is 11.7. The molecule has 0 aliphatic carbocycles. The lowest BCUT2D eigenvalue weighted by atomic mass is 10.1. The number of aromatic nitrogens is 2. The zero-order valence-corrected chi connectivity index (χ0v) is 14.8. The predicted molar refractivity (Wildman–Crippen MR) is 98.7 cm³/mol. The summed E-state index contributed by atoms with van der Waals surface area (Å²) in [6, 6.07) is 14.3. The van der Waals surface area contributed by atoms with Crippen molar-refractivity contribution in [2.45, 2.75) is 19.9 Å². The van der Waals surface area contributed by atoms with Gasteiger partial charge in [0.2, 0.25) is 5.95 Å². The van der Waals surface area contributed by atoms with Crippen molar-refractivity contribution in [1.82, 2.24) is 15.3 Å². The first-order valence-electron chi connectivity index (χ1n) is 8.36. The van der Waals surface area contributed by atoms with Crippen molar-refractivity contribution in [3.63, 3.8) is 0 Å². The number of anilines is 2. The summed E-state index contributed by atoms with van der Waals surface area (Å²) in [5.41, 5.74) is 1.17. The molecule has 1 atom stereocenters. The summed E-state index contributed by atoms with van der Waals surface area (Å²) in [5.74, 6) is -2.02. The predicted octanol–water partition coefficient (Wildman–Crippen LogP) is 4.30. The molecule has 0 bridgehead atoms. The van der Waals surface area contributed by atoms with Gasteiger partial charge in [0.1, 0.15) is 23.0 Å².